The molecule has 0 amide bonds. The number of aromatic nitrogens is 3. The summed E-state index contributed by atoms with van der Waals surface area (Å²) >= 11 is 11.0. The Hall–Kier alpha value is -1.57. The van der Waals surface area contributed by atoms with E-state index in [9.17, 15) is 4.39 Å². The molecule has 0 atom stereocenters. The molecular weight excluding hydrogens is 429 g/mol. The highest BCUT2D eigenvalue weighted by molar-refractivity contribution is 9.10. The van der Waals surface area contributed by atoms with Crippen molar-refractivity contribution in [1.82, 2.24) is 14.8 Å². The zero-order valence-electron chi connectivity index (χ0n) is 13.2. The molecule has 0 saturated carbocycles. The number of hydrogen-bond donors (Lipinski definition) is 0. The smallest absolute Gasteiger partial charge is 0.191 e. The Bertz CT molecular complexity index is 890. The largest absolute Gasteiger partial charge is 0.484 e. The van der Waals surface area contributed by atoms with Crippen molar-refractivity contribution in [2.75, 3.05) is 0 Å². The van der Waals surface area contributed by atoms with Gasteiger partial charge >= 0.3 is 0 Å². The highest BCUT2D eigenvalue weighted by atomic mass is 79.9. The summed E-state index contributed by atoms with van der Waals surface area (Å²) in [6.45, 7) is 0.272. The molecule has 130 valence electrons. The van der Waals surface area contributed by atoms with Gasteiger partial charge in [-0.05, 0) is 29.8 Å². The van der Waals surface area contributed by atoms with E-state index >= 15 is 0 Å². The average Bonchev–Trinajstić information content (AvgIpc) is 2.94. The lowest BCUT2D eigenvalue weighted by molar-refractivity contribution is 0.290. The topological polar surface area (TPSA) is 39.9 Å². The number of para-hydroxylation sites is 1. The van der Waals surface area contributed by atoms with Crippen LogP contribution in [0.5, 0.6) is 5.75 Å². The van der Waals surface area contributed by atoms with E-state index in [-0.39, 0.29) is 12.4 Å². The molecule has 0 aliphatic carbocycles. The summed E-state index contributed by atoms with van der Waals surface area (Å²) in [5.41, 5.74) is 0.989. The molecule has 0 fully saturated rings. The fraction of sp³-hybridized carbons (Fsp3) is 0.176. The Morgan fingerprint density at radius 2 is 2.04 bits per heavy atom. The minimum absolute atomic E-state index is 0.265. The maximum Gasteiger partial charge on any atom is 0.191 e. The lowest BCUT2D eigenvalue weighted by Crippen LogP contribution is -2.04. The molecule has 8 heteroatoms. The van der Waals surface area contributed by atoms with Crippen LogP contribution in [-0.2, 0) is 19.4 Å². The quantitative estimate of drug-likeness (QED) is 0.489. The van der Waals surface area contributed by atoms with Crippen LogP contribution in [0.1, 0.15) is 11.4 Å². The van der Waals surface area contributed by atoms with Gasteiger partial charge in [0.15, 0.2) is 11.0 Å². The third-order valence-electron chi connectivity index (χ3n) is 3.49. The zero-order chi connectivity index (χ0) is 17.8. The Morgan fingerprint density at radius 1 is 1.24 bits per heavy atom. The number of ether oxygens (including phenoxy) is 1. The van der Waals surface area contributed by atoms with E-state index in [2.05, 4.69) is 26.1 Å². The van der Waals surface area contributed by atoms with Crippen LogP contribution in [0.2, 0.25) is 5.02 Å². The molecule has 0 bridgehead atoms. The monoisotopic (exact) mass is 441 g/mol. The van der Waals surface area contributed by atoms with Crippen LogP contribution < -0.4 is 4.74 Å². The van der Waals surface area contributed by atoms with Crippen LogP contribution in [-0.4, -0.2) is 14.8 Å². The average molecular weight is 443 g/mol. The lowest BCUT2D eigenvalue weighted by Gasteiger charge is -2.08. The third kappa shape index (κ3) is 4.54. The van der Waals surface area contributed by atoms with Crippen molar-refractivity contribution in [3.8, 4) is 5.75 Å². The van der Waals surface area contributed by atoms with Crippen molar-refractivity contribution in [3.05, 3.63) is 69.2 Å². The summed E-state index contributed by atoms with van der Waals surface area (Å²) in [5, 5.41) is 9.66. The fourth-order valence-electron chi connectivity index (χ4n) is 2.08. The van der Waals surface area contributed by atoms with Crippen molar-refractivity contribution in [1.29, 1.82) is 0 Å². The first-order valence-electron chi connectivity index (χ1n) is 7.37. The number of nitrogens with zero attached hydrogens (tertiary/aromatic N) is 3. The molecule has 0 unspecified atom stereocenters. The number of rotatable bonds is 6. The van der Waals surface area contributed by atoms with Gasteiger partial charge in [0.1, 0.15) is 18.2 Å². The molecule has 0 aliphatic heterocycles. The molecule has 1 aromatic heterocycles. The molecular formula is C17H14BrClFN3OS. The van der Waals surface area contributed by atoms with Crippen LogP contribution in [0, 0.1) is 5.82 Å². The van der Waals surface area contributed by atoms with Gasteiger partial charge in [0.05, 0.1) is 5.02 Å². The van der Waals surface area contributed by atoms with Crippen LogP contribution in [0.4, 0.5) is 4.39 Å². The maximum absolute atomic E-state index is 13.1. The van der Waals surface area contributed by atoms with E-state index in [4.69, 9.17) is 16.3 Å². The number of benzene rings is 2. The summed E-state index contributed by atoms with van der Waals surface area (Å²) < 4.78 is 21.5. The van der Waals surface area contributed by atoms with Crippen molar-refractivity contribution in [3.63, 3.8) is 0 Å². The van der Waals surface area contributed by atoms with E-state index in [0.29, 0.717) is 22.3 Å². The van der Waals surface area contributed by atoms with Crippen LogP contribution >= 0.6 is 39.3 Å². The van der Waals surface area contributed by atoms with Gasteiger partial charge in [-0.25, -0.2) is 4.39 Å². The second kappa shape index (κ2) is 8.21. The zero-order valence-corrected chi connectivity index (χ0v) is 16.4. The summed E-state index contributed by atoms with van der Waals surface area (Å²) in [5.74, 6) is 1.69. The third-order valence-corrected chi connectivity index (χ3v) is 5.61. The van der Waals surface area contributed by atoms with E-state index < -0.39 is 0 Å². The molecule has 3 rings (SSSR count). The van der Waals surface area contributed by atoms with Gasteiger partial charge in [-0.3, -0.25) is 0 Å². The van der Waals surface area contributed by atoms with E-state index in [1.807, 2.05) is 23.7 Å². The van der Waals surface area contributed by atoms with Crippen molar-refractivity contribution in [2.24, 2.45) is 7.05 Å². The van der Waals surface area contributed by atoms with Crippen LogP contribution in [0.3, 0.4) is 0 Å². The van der Waals surface area contributed by atoms with Gasteiger partial charge < -0.3 is 9.30 Å². The number of thioether (sulfide) groups is 1. The number of halogens is 3. The Kier molecular flexibility index (Phi) is 5.98. The number of hydrogen-bond acceptors (Lipinski definition) is 4. The predicted octanol–water partition coefficient (Wildman–Crippen LogP) is 5.24. The minimum atomic E-state index is -0.265. The van der Waals surface area contributed by atoms with Crippen LogP contribution in [0.25, 0.3) is 0 Å². The summed E-state index contributed by atoms with van der Waals surface area (Å²) in [4.78, 5) is 0. The maximum atomic E-state index is 13.1. The lowest BCUT2D eigenvalue weighted by atomic mass is 10.2. The van der Waals surface area contributed by atoms with Crippen molar-refractivity contribution >= 4 is 39.3 Å². The highest BCUT2D eigenvalue weighted by Crippen LogP contribution is 2.27. The first-order valence-corrected chi connectivity index (χ1v) is 9.52. The second-order valence-corrected chi connectivity index (χ2v) is 7.41. The predicted molar refractivity (Wildman–Crippen MR) is 100 cm³/mol. The summed E-state index contributed by atoms with van der Waals surface area (Å²) in [7, 11) is 1.88. The van der Waals surface area contributed by atoms with Crippen LogP contribution in [0.15, 0.2) is 52.1 Å². The van der Waals surface area contributed by atoms with Gasteiger partial charge in [0, 0.05) is 17.3 Å². The molecule has 2 aromatic carbocycles. The molecule has 1 heterocycles. The van der Waals surface area contributed by atoms with Gasteiger partial charge in [-0.1, -0.05) is 57.5 Å². The first kappa shape index (κ1) is 18.2. The van der Waals surface area contributed by atoms with Crippen molar-refractivity contribution in [2.45, 2.75) is 17.5 Å². The fourth-order valence-corrected chi connectivity index (χ4v) is 3.88. The van der Waals surface area contributed by atoms with Gasteiger partial charge in [0.2, 0.25) is 0 Å². The molecule has 0 N–H and O–H groups in total. The molecule has 0 radical (unpaired) electrons. The normalized spacial score (nSPS) is 10.9. The van der Waals surface area contributed by atoms with Crippen molar-refractivity contribution < 1.29 is 9.13 Å². The SMILES string of the molecule is Cn1c(COc2ccccc2Cl)nnc1SCc1ccc(F)cc1Br. The Labute approximate surface area is 162 Å². The van der Waals surface area contributed by atoms with E-state index in [1.165, 1.54) is 23.9 Å². The van der Waals surface area contributed by atoms with E-state index in [0.717, 1.165) is 15.2 Å². The first-order chi connectivity index (χ1) is 12.0. The standard InChI is InChI=1S/C17H14BrClFN3OS/c1-23-16(9-24-15-5-3-2-4-14(15)19)21-22-17(23)25-10-11-6-7-12(20)8-13(11)18/h2-8H,9-10H2,1H3. The van der Waals surface area contributed by atoms with Gasteiger partial charge in [-0.2, -0.15) is 0 Å². The minimum Gasteiger partial charge on any atom is -0.484 e. The second-order valence-electron chi connectivity index (χ2n) is 5.20. The van der Waals surface area contributed by atoms with Gasteiger partial charge in [0.25, 0.3) is 0 Å². The summed E-state index contributed by atoms with van der Waals surface area (Å²) in [6, 6.07) is 11.9. The Morgan fingerprint density at radius 3 is 2.80 bits per heavy atom. The molecule has 3 aromatic rings. The van der Waals surface area contributed by atoms with Gasteiger partial charge in [-0.15, -0.1) is 10.2 Å². The Balaban J connectivity index is 1.64. The molecule has 0 spiro atoms. The molecule has 4 nitrogen and oxygen atoms in total. The summed E-state index contributed by atoms with van der Waals surface area (Å²) in [6.07, 6.45) is 0. The molecule has 0 saturated heterocycles. The van der Waals surface area contributed by atoms with E-state index in [1.54, 1.807) is 18.2 Å². The molecule has 0 aliphatic rings. The highest BCUT2D eigenvalue weighted by Gasteiger charge is 2.12. The molecule has 25 heavy (non-hydrogen) atoms.